The van der Waals surface area contributed by atoms with Crippen molar-refractivity contribution in [2.75, 3.05) is 12.4 Å². The summed E-state index contributed by atoms with van der Waals surface area (Å²) in [5.41, 5.74) is 1.23. The molecule has 2 rings (SSSR count). The van der Waals surface area contributed by atoms with E-state index >= 15 is 0 Å². The van der Waals surface area contributed by atoms with E-state index in [2.05, 4.69) is 35.0 Å². The van der Waals surface area contributed by atoms with Gasteiger partial charge in [-0.05, 0) is 36.5 Å². The first kappa shape index (κ1) is 15.8. The summed E-state index contributed by atoms with van der Waals surface area (Å²) in [4.78, 5) is 0. The Labute approximate surface area is 131 Å². The highest BCUT2D eigenvalue weighted by atomic mass is 79.9. The molecule has 1 fully saturated rings. The predicted molar refractivity (Wildman–Crippen MR) is 86.7 cm³/mol. The van der Waals surface area contributed by atoms with E-state index in [1.54, 1.807) is 7.11 Å². The van der Waals surface area contributed by atoms with Gasteiger partial charge in [-0.1, -0.05) is 54.2 Å². The molecule has 112 valence electrons. The van der Waals surface area contributed by atoms with Crippen LogP contribution in [0.5, 0.6) is 5.75 Å². The molecule has 1 aliphatic rings. The van der Waals surface area contributed by atoms with E-state index in [0.29, 0.717) is 6.10 Å². The van der Waals surface area contributed by atoms with Gasteiger partial charge in [0.1, 0.15) is 5.75 Å². The van der Waals surface area contributed by atoms with Gasteiger partial charge in [0.25, 0.3) is 0 Å². The van der Waals surface area contributed by atoms with Crippen molar-refractivity contribution >= 4 is 15.9 Å². The number of methoxy groups -OCH3 is 1. The Morgan fingerprint density at radius 2 is 1.90 bits per heavy atom. The molecule has 3 unspecified atom stereocenters. The van der Waals surface area contributed by atoms with Gasteiger partial charge < -0.3 is 9.47 Å². The maximum atomic E-state index is 6.42. The van der Waals surface area contributed by atoms with Gasteiger partial charge in [0.15, 0.2) is 0 Å². The van der Waals surface area contributed by atoms with Crippen LogP contribution in [0.3, 0.4) is 0 Å². The lowest BCUT2D eigenvalue weighted by molar-refractivity contribution is -0.0524. The second-order valence-electron chi connectivity index (χ2n) is 5.54. The summed E-state index contributed by atoms with van der Waals surface area (Å²) in [6.45, 7) is 2.28. The third kappa shape index (κ3) is 3.98. The van der Waals surface area contributed by atoms with Gasteiger partial charge in [-0.2, -0.15) is 0 Å². The average Bonchev–Trinajstić information content (AvgIpc) is 2.53. The Morgan fingerprint density at radius 1 is 1.20 bits per heavy atom. The van der Waals surface area contributed by atoms with Gasteiger partial charge in [-0.15, -0.1) is 0 Å². The Morgan fingerprint density at radius 3 is 2.50 bits per heavy atom. The van der Waals surface area contributed by atoms with Crippen molar-refractivity contribution in [1.29, 1.82) is 0 Å². The average molecular weight is 341 g/mol. The van der Waals surface area contributed by atoms with Crippen LogP contribution < -0.4 is 4.74 Å². The number of benzene rings is 1. The highest BCUT2D eigenvalue weighted by Crippen LogP contribution is 2.33. The maximum Gasteiger partial charge on any atom is 0.118 e. The minimum absolute atomic E-state index is 0.137. The molecule has 0 N–H and O–H groups in total. The number of hydrogen-bond donors (Lipinski definition) is 0. The molecule has 3 heteroatoms. The molecule has 1 aromatic rings. The van der Waals surface area contributed by atoms with Crippen LogP contribution in [0.25, 0.3) is 0 Å². The summed E-state index contributed by atoms with van der Waals surface area (Å²) in [6, 6.07) is 8.22. The fourth-order valence-corrected chi connectivity index (χ4v) is 3.58. The van der Waals surface area contributed by atoms with E-state index < -0.39 is 0 Å². The number of rotatable bonds is 6. The zero-order chi connectivity index (χ0) is 14.4. The highest BCUT2D eigenvalue weighted by Gasteiger charge is 2.27. The molecule has 0 aromatic heterocycles. The Hall–Kier alpha value is -0.540. The van der Waals surface area contributed by atoms with Crippen molar-refractivity contribution in [3.63, 3.8) is 0 Å². The molecule has 0 heterocycles. The molecule has 2 nitrogen and oxygen atoms in total. The van der Waals surface area contributed by atoms with Crippen LogP contribution in [-0.2, 0) is 4.74 Å². The van der Waals surface area contributed by atoms with Gasteiger partial charge in [-0.25, -0.2) is 0 Å². The van der Waals surface area contributed by atoms with Crippen LogP contribution in [-0.4, -0.2) is 18.5 Å². The lowest BCUT2D eigenvalue weighted by atomic mass is 9.84. The monoisotopic (exact) mass is 340 g/mol. The first-order valence-electron chi connectivity index (χ1n) is 7.63. The van der Waals surface area contributed by atoms with Crippen molar-refractivity contribution in [1.82, 2.24) is 0 Å². The molecule has 1 saturated carbocycles. The fourth-order valence-electron chi connectivity index (χ4n) is 3.05. The summed E-state index contributed by atoms with van der Waals surface area (Å²) in [7, 11) is 1.70. The molecular weight excluding hydrogens is 316 g/mol. The Balaban J connectivity index is 2.03. The zero-order valence-corrected chi connectivity index (χ0v) is 14.1. The second-order valence-corrected chi connectivity index (χ2v) is 6.19. The lowest BCUT2D eigenvalue weighted by Crippen LogP contribution is -2.29. The number of halogens is 1. The van der Waals surface area contributed by atoms with Crippen LogP contribution in [0, 0.1) is 5.92 Å². The first-order valence-corrected chi connectivity index (χ1v) is 8.76. The molecule has 1 aromatic carbocycles. The van der Waals surface area contributed by atoms with E-state index in [9.17, 15) is 0 Å². The minimum Gasteiger partial charge on any atom is -0.497 e. The van der Waals surface area contributed by atoms with E-state index in [-0.39, 0.29) is 6.10 Å². The second kappa shape index (κ2) is 8.04. The van der Waals surface area contributed by atoms with Crippen LogP contribution in [0.15, 0.2) is 24.3 Å². The molecule has 0 radical (unpaired) electrons. The number of ether oxygens (including phenoxy) is 2. The highest BCUT2D eigenvalue weighted by molar-refractivity contribution is 9.09. The van der Waals surface area contributed by atoms with Gasteiger partial charge in [-0.3, -0.25) is 0 Å². The van der Waals surface area contributed by atoms with Crippen molar-refractivity contribution in [2.24, 2.45) is 5.92 Å². The Bertz CT molecular complexity index is 390. The van der Waals surface area contributed by atoms with Gasteiger partial charge in [0, 0.05) is 5.33 Å². The topological polar surface area (TPSA) is 18.5 Å². The molecule has 0 saturated heterocycles. The molecule has 20 heavy (non-hydrogen) atoms. The third-order valence-corrected chi connectivity index (χ3v) is 4.92. The zero-order valence-electron chi connectivity index (χ0n) is 12.5. The minimum atomic E-state index is 0.137. The molecule has 0 aliphatic heterocycles. The molecule has 1 aliphatic carbocycles. The van der Waals surface area contributed by atoms with Crippen LogP contribution in [0.4, 0.5) is 0 Å². The van der Waals surface area contributed by atoms with E-state index in [1.165, 1.54) is 37.7 Å². The van der Waals surface area contributed by atoms with Gasteiger partial charge in [0.05, 0.1) is 19.3 Å². The van der Waals surface area contributed by atoms with Crippen molar-refractivity contribution in [3.8, 4) is 5.75 Å². The predicted octanol–water partition coefficient (Wildman–Crippen LogP) is 5.12. The largest absolute Gasteiger partial charge is 0.497 e. The molecule has 0 spiro atoms. The SMILES string of the molecule is CCC1CCCCC1OC(CBr)c1ccc(OC)cc1. The lowest BCUT2D eigenvalue weighted by Gasteiger charge is -2.33. The van der Waals surface area contributed by atoms with Crippen molar-refractivity contribution in [3.05, 3.63) is 29.8 Å². The summed E-state index contributed by atoms with van der Waals surface area (Å²) >= 11 is 3.60. The maximum absolute atomic E-state index is 6.42. The molecule has 3 atom stereocenters. The quantitative estimate of drug-likeness (QED) is 0.669. The summed E-state index contributed by atoms with van der Waals surface area (Å²) < 4.78 is 11.6. The molecule has 0 bridgehead atoms. The van der Waals surface area contributed by atoms with Crippen LogP contribution >= 0.6 is 15.9 Å². The van der Waals surface area contributed by atoms with E-state index in [0.717, 1.165) is 17.0 Å². The van der Waals surface area contributed by atoms with Crippen LogP contribution in [0.2, 0.25) is 0 Å². The third-order valence-electron chi connectivity index (χ3n) is 4.33. The van der Waals surface area contributed by atoms with Crippen LogP contribution in [0.1, 0.15) is 50.7 Å². The number of alkyl halides is 1. The summed E-state index contributed by atoms with van der Waals surface area (Å²) in [5.74, 6) is 1.62. The van der Waals surface area contributed by atoms with Gasteiger partial charge >= 0.3 is 0 Å². The first-order chi connectivity index (χ1) is 9.78. The van der Waals surface area contributed by atoms with Gasteiger partial charge in [0.2, 0.25) is 0 Å². The summed E-state index contributed by atoms with van der Waals surface area (Å²) in [6.07, 6.45) is 6.97. The summed E-state index contributed by atoms with van der Waals surface area (Å²) in [5, 5.41) is 0.840. The smallest absolute Gasteiger partial charge is 0.118 e. The van der Waals surface area contributed by atoms with Crippen molar-refractivity contribution in [2.45, 2.75) is 51.2 Å². The normalized spacial score (nSPS) is 24.4. The Kier molecular flexibility index (Phi) is 6.37. The number of hydrogen-bond acceptors (Lipinski definition) is 2. The fraction of sp³-hybridized carbons (Fsp3) is 0.647. The van der Waals surface area contributed by atoms with Crippen molar-refractivity contribution < 1.29 is 9.47 Å². The standard InChI is InChI=1S/C17H25BrO2/c1-3-13-6-4-5-7-16(13)20-17(12-18)14-8-10-15(19-2)11-9-14/h8-11,13,16-17H,3-7,12H2,1-2H3. The van der Waals surface area contributed by atoms with E-state index in [4.69, 9.17) is 9.47 Å². The van der Waals surface area contributed by atoms with E-state index in [1.807, 2.05) is 12.1 Å². The molecular formula is C17H25BrO2. The molecule has 0 amide bonds.